The van der Waals surface area contributed by atoms with Gasteiger partial charge in [-0.05, 0) is 17.7 Å². The van der Waals surface area contributed by atoms with Gasteiger partial charge in [0.25, 0.3) is 0 Å². The Labute approximate surface area is 145 Å². The van der Waals surface area contributed by atoms with Gasteiger partial charge in [-0.25, -0.2) is 4.98 Å². The van der Waals surface area contributed by atoms with Gasteiger partial charge in [-0.2, -0.15) is 13.2 Å². The van der Waals surface area contributed by atoms with E-state index in [4.69, 9.17) is 10.2 Å². The summed E-state index contributed by atoms with van der Waals surface area (Å²) >= 11 is 1.50. The third-order valence-corrected chi connectivity index (χ3v) is 5.08. The number of aliphatic hydroxyl groups is 2. The van der Waals surface area contributed by atoms with E-state index in [-0.39, 0.29) is 9.96 Å². The van der Waals surface area contributed by atoms with E-state index in [9.17, 15) is 26.3 Å². The number of ether oxygens (including phenoxy) is 1. The summed E-state index contributed by atoms with van der Waals surface area (Å²) in [5.74, 6) is -4.20. The number of aromatic nitrogens is 1. The molecule has 0 radical (unpaired) electrons. The highest BCUT2D eigenvalue weighted by Crippen LogP contribution is 2.40. The summed E-state index contributed by atoms with van der Waals surface area (Å²) in [5.41, 5.74) is 0.588. The van der Waals surface area contributed by atoms with Crippen molar-refractivity contribution in [1.29, 1.82) is 0 Å². The minimum absolute atomic E-state index is 0.226. The maximum absolute atomic E-state index is 12.5. The molecule has 1 aromatic carbocycles. The number of hydrogen-bond acceptors (Lipinski definition) is 6. The molecule has 2 N–H and O–H groups in total. The maximum Gasteiger partial charge on any atom is 0.573 e. The molecule has 0 atom stereocenters. The van der Waals surface area contributed by atoms with Crippen molar-refractivity contribution in [3.8, 4) is 5.75 Å². The number of nitrogens with zero attached hydrogens (tertiary/aromatic N) is 1. The van der Waals surface area contributed by atoms with Crippen LogP contribution >= 0.6 is 23.1 Å². The topological polar surface area (TPSA) is 62.6 Å². The van der Waals surface area contributed by atoms with Gasteiger partial charge in [0, 0.05) is 5.75 Å². The molecular formula is C13H9F6NO3S2. The summed E-state index contributed by atoms with van der Waals surface area (Å²) in [6.45, 7) is 0. The summed E-state index contributed by atoms with van der Waals surface area (Å²) in [6.07, 6.45) is -9.03. The third-order valence-electron chi connectivity index (χ3n) is 2.72. The van der Waals surface area contributed by atoms with Gasteiger partial charge in [0.1, 0.15) is 5.75 Å². The molecule has 4 nitrogen and oxygen atoms in total. The highest BCUT2D eigenvalue weighted by Gasteiger charge is 2.56. The Hall–Kier alpha value is -1.50. The van der Waals surface area contributed by atoms with Crippen LogP contribution in [0, 0.1) is 0 Å². The highest BCUT2D eigenvalue weighted by molar-refractivity contribution is 8.00. The minimum atomic E-state index is -5.29. The number of rotatable bonds is 5. The van der Waals surface area contributed by atoms with E-state index in [0.717, 1.165) is 30.1 Å². The van der Waals surface area contributed by atoms with Crippen LogP contribution in [-0.2, 0) is 11.5 Å². The van der Waals surface area contributed by atoms with Crippen molar-refractivity contribution in [2.45, 2.75) is 28.3 Å². The van der Waals surface area contributed by atoms with Gasteiger partial charge in [0.05, 0.1) is 10.4 Å². The molecule has 1 aromatic heterocycles. The van der Waals surface area contributed by atoms with Crippen molar-refractivity contribution in [1.82, 2.24) is 4.98 Å². The average molecular weight is 405 g/mol. The molecule has 0 fully saturated rings. The van der Waals surface area contributed by atoms with E-state index in [1.54, 1.807) is 0 Å². The first kappa shape index (κ1) is 19.8. The molecule has 138 valence electrons. The lowest BCUT2D eigenvalue weighted by Crippen LogP contribution is -2.41. The van der Waals surface area contributed by atoms with Crippen molar-refractivity contribution >= 4 is 23.1 Å². The zero-order chi connectivity index (χ0) is 18.9. The van der Waals surface area contributed by atoms with Crippen LogP contribution in [0.15, 0.2) is 34.7 Å². The second-order valence-corrected chi connectivity index (χ2v) is 6.94. The molecule has 0 aliphatic heterocycles. The molecule has 0 aliphatic rings. The van der Waals surface area contributed by atoms with Crippen LogP contribution in [-0.4, -0.2) is 27.7 Å². The van der Waals surface area contributed by atoms with Crippen molar-refractivity contribution in [3.63, 3.8) is 0 Å². The lowest BCUT2D eigenvalue weighted by Gasteiger charge is -2.21. The molecule has 2 aromatic rings. The lowest BCUT2D eigenvalue weighted by atomic mass is 10.2. The SMILES string of the molecule is OC(O)(c1ncc(SCc2ccc(OC(F)(F)F)cc2)s1)C(F)(F)F. The first-order chi connectivity index (χ1) is 11.4. The van der Waals surface area contributed by atoms with Gasteiger partial charge in [-0.3, -0.25) is 0 Å². The summed E-state index contributed by atoms with van der Waals surface area (Å²) in [4.78, 5) is 3.35. The predicted octanol–water partition coefficient (Wildman–Crippen LogP) is 4.03. The predicted molar refractivity (Wildman–Crippen MR) is 77.0 cm³/mol. The van der Waals surface area contributed by atoms with Gasteiger partial charge in [-0.15, -0.1) is 36.3 Å². The average Bonchev–Trinajstić information content (AvgIpc) is 2.93. The molecule has 0 amide bonds. The largest absolute Gasteiger partial charge is 0.573 e. The van der Waals surface area contributed by atoms with Gasteiger partial charge in [0.15, 0.2) is 5.01 Å². The Morgan fingerprint density at radius 1 is 1.04 bits per heavy atom. The van der Waals surface area contributed by atoms with Crippen LogP contribution in [0.4, 0.5) is 26.3 Å². The van der Waals surface area contributed by atoms with Gasteiger partial charge in [-0.1, -0.05) is 12.1 Å². The summed E-state index contributed by atoms with van der Waals surface area (Å²) in [6, 6.07) is 4.96. The van der Waals surface area contributed by atoms with Crippen LogP contribution in [0.5, 0.6) is 5.75 Å². The fourth-order valence-electron chi connectivity index (χ4n) is 1.55. The van der Waals surface area contributed by atoms with E-state index in [0.29, 0.717) is 16.9 Å². The number of hydrogen-bond donors (Lipinski definition) is 2. The molecule has 2 rings (SSSR count). The second-order valence-electron chi connectivity index (χ2n) is 4.63. The van der Waals surface area contributed by atoms with Crippen molar-refractivity contribution < 1.29 is 41.3 Å². The molecule has 0 aliphatic carbocycles. The fourth-order valence-corrected chi connectivity index (χ4v) is 3.49. The van der Waals surface area contributed by atoms with Crippen LogP contribution < -0.4 is 4.74 Å². The van der Waals surface area contributed by atoms with Gasteiger partial charge >= 0.3 is 18.3 Å². The van der Waals surface area contributed by atoms with E-state index in [1.807, 2.05) is 0 Å². The molecule has 12 heteroatoms. The number of alkyl halides is 6. The molecule has 0 spiro atoms. The Kier molecular flexibility index (Phi) is 5.56. The van der Waals surface area contributed by atoms with Gasteiger partial charge in [0.2, 0.25) is 0 Å². The number of halogens is 6. The van der Waals surface area contributed by atoms with Crippen LogP contribution in [0.3, 0.4) is 0 Å². The Morgan fingerprint density at radius 3 is 2.16 bits per heavy atom. The summed E-state index contributed by atoms with van der Waals surface area (Å²) in [5, 5.41) is 17.3. The van der Waals surface area contributed by atoms with Crippen molar-refractivity contribution in [2.24, 2.45) is 0 Å². The first-order valence-electron chi connectivity index (χ1n) is 6.34. The van der Waals surface area contributed by atoms with Crippen molar-refractivity contribution in [3.05, 3.63) is 41.0 Å². The van der Waals surface area contributed by atoms with Crippen LogP contribution in [0.1, 0.15) is 10.6 Å². The number of thiazole rings is 1. The molecule has 0 bridgehead atoms. The van der Waals surface area contributed by atoms with Gasteiger partial charge < -0.3 is 14.9 Å². The highest BCUT2D eigenvalue weighted by atomic mass is 32.2. The molecular weight excluding hydrogens is 396 g/mol. The fraction of sp³-hybridized carbons (Fsp3) is 0.308. The molecule has 0 saturated heterocycles. The first-order valence-corrected chi connectivity index (χ1v) is 8.14. The maximum atomic E-state index is 12.5. The summed E-state index contributed by atoms with van der Waals surface area (Å²) in [7, 11) is 0. The third kappa shape index (κ3) is 5.23. The Balaban J connectivity index is 1.99. The Bertz CT molecular complexity index is 712. The number of thioether (sulfide) groups is 1. The quantitative estimate of drug-likeness (QED) is 0.447. The van der Waals surface area contributed by atoms with Crippen molar-refractivity contribution in [2.75, 3.05) is 0 Å². The van der Waals surface area contributed by atoms with E-state index < -0.39 is 29.1 Å². The normalized spacial score (nSPS) is 13.1. The zero-order valence-electron chi connectivity index (χ0n) is 11.9. The molecule has 1 heterocycles. The second kappa shape index (κ2) is 7.02. The monoisotopic (exact) mass is 405 g/mol. The van der Waals surface area contributed by atoms with E-state index in [1.165, 1.54) is 12.1 Å². The lowest BCUT2D eigenvalue weighted by molar-refractivity contribution is -0.358. The molecule has 0 unspecified atom stereocenters. The van der Waals surface area contributed by atoms with Crippen LogP contribution in [0.25, 0.3) is 0 Å². The van der Waals surface area contributed by atoms with E-state index in [2.05, 4.69) is 9.72 Å². The van der Waals surface area contributed by atoms with Crippen LogP contribution in [0.2, 0.25) is 0 Å². The molecule has 0 saturated carbocycles. The smallest absolute Gasteiger partial charge is 0.406 e. The standard InChI is InChI=1S/C13H9F6NO3S2/c14-12(15,16)11(21,22)10-20-5-9(25-10)24-6-7-1-3-8(4-2-7)23-13(17,18)19/h1-5,21-22H,6H2. The Morgan fingerprint density at radius 2 is 1.64 bits per heavy atom. The molecule has 25 heavy (non-hydrogen) atoms. The zero-order valence-corrected chi connectivity index (χ0v) is 13.6. The minimum Gasteiger partial charge on any atom is -0.406 e. The number of benzene rings is 1. The summed E-state index contributed by atoms with van der Waals surface area (Å²) < 4.78 is 77.6. The van der Waals surface area contributed by atoms with E-state index >= 15 is 0 Å².